The molecule has 3 nitrogen and oxygen atoms in total. The molecule has 0 atom stereocenters. The summed E-state index contributed by atoms with van der Waals surface area (Å²) >= 11 is 5.89. The van der Waals surface area contributed by atoms with Gasteiger partial charge < -0.3 is 10.6 Å². The molecule has 1 rings (SSSR count). The third-order valence-corrected chi connectivity index (χ3v) is 2.60. The molecule has 0 aromatic heterocycles. The average Bonchev–Trinajstić information content (AvgIpc) is 2.24. The first-order valence-electron chi connectivity index (χ1n) is 5.28. The van der Waals surface area contributed by atoms with Crippen molar-refractivity contribution in [3.63, 3.8) is 0 Å². The van der Waals surface area contributed by atoms with Gasteiger partial charge in [0.15, 0.2) is 0 Å². The topological polar surface area (TPSA) is 46.3 Å². The van der Waals surface area contributed by atoms with Gasteiger partial charge in [0.1, 0.15) is 0 Å². The van der Waals surface area contributed by atoms with Gasteiger partial charge in [0.05, 0.1) is 6.54 Å². The molecule has 0 aliphatic rings. The number of nitrogens with zero attached hydrogens (tertiary/aromatic N) is 1. The van der Waals surface area contributed by atoms with Gasteiger partial charge >= 0.3 is 0 Å². The second kappa shape index (κ2) is 7.54. The van der Waals surface area contributed by atoms with Crippen LogP contribution in [0.25, 0.3) is 0 Å². The van der Waals surface area contributed by atoms with E-state index in [9.17, 15) is 4.79 Å². The molecule has 2 N–H and O–H groups in total. The summed E-state index contributed by atoms with van der Waals surface area (Å²) in [6, 6.07) is 7.64. The van der Waals surface area contributed by atoms with Crippen LogP contribution in [-0.4, -0.2) is 23.4 Å². The Morgan fingerprint density at radius 3 is 2.59 bits per heavy atom. The zero-order valence-electron chi connectivity index (χ0n) is 10.0. The fraction of sp³-hybridized carbons (Fsp3) is 0.417. The number of amides is 1. The fourth-order valence-electron chi connectivity index (χ4n) is 1.51. The molecule has 1 amide bonds. The standard InChI is InChI=1S/C12H17ClN2O.ClH/c1-9(2)15(12(16)7-14)8-10-4-3-5-11(13)6-10;/h3-6,9H,7-8,14H2,1-2H3;1H. The summed E-state index contributed by atoms with van der Waals surface area (Å²) in [5.41, 5.74) is 6.39. The Balaban J connectivity index is 0.00000256. The van der Waals surface area contributed by atoms with Crippen LogP contribution in [-0.2, 0) is 11.3 Å². The minimum atomic E-state index is -0.0463. The van der Waals surface area contributed by atoms with E-state index in [1.165, 1.54) is 0 Å². The van der Waals surface area contributed by atoms with E-state index in [-0.39, 0.29) is 30.9 Å². The first-order chi connectivity index (χ1) is 7.54. The normalized spacial score (nSPS) is 9.94. The maximum Gasteiger partial charge on any atom is 0.236 e. The van der Waals surface area contributed by atoms with Crippen LogP contribution >= 0.6 is 24.0 Å². The molecule has 17 heavy (non-hydrogen) atoms. The second-order valence-corrected chi connectivity index (χ2v) is 4.39. The number of carbonyl (C=O) groups excluding carboxylic acids is 1. The number of rotatable bonds is 4. The molecule has 0 saturated carbocycles. The predicted octanol–water partition coefficient (Wildman–Crippen LogP) is 2.46. The average molecular weight is 277 g/mol. The molecule has 0 fully saturated rings. The van der Waals surface area contributed by atoms with E-state index in [2.05, 4.69) is 0 Å². The van der Waals surface area contributed by atoms with Crippen LogP contribution in [0.3, 0.4) is 0 Å². The summed E-state index contributed by atoms with van der Waals surface area (Å²) in [5.74, 6) is -0.0463. The maximum absolute atomic E-state index is 11.6. The van der Waals surface area contributed by atoms with Crippen LogP contribution in [0.2, 0.25) is 5.02 Å². The van der Waals surface area contributed by atoms with Crippen LogP contribution < -0.4 is 5.73 Å². The lowest BCUT2D eigenvalue weighted by Gasteiger charge is -2.26. The maximum atomic E-state index is 11.6. The van der Waals surface area contributed by atoms with Crippen LogP contribution in [0.15, 0.2) is 24.3 Å². The highest BCUT2D eigenvalue weighted by Crippen LogP contribution is 2.14. The van der Waals surface area contributed by atoms with Crippen molar-refractivity contribution in [2.75, 3.05) is 6.54 Å². The Morgan fingerprint density at radius 1 is 1.47 bits per heavy atom. The van der Waals surface area contributed by atoms with Gasteiger partial charge in [0.25, 0.3) is 0 Å². The first-order valence-corrected chi connectivity index (χ1v) is 5.66. The van der Waals surface area contributed by atoms with E-state index in [0.29, 0.717) is 11.6 Å². The Bertz CT molecular complexity index is 369. The summed E-state index contributed by atoms with van der Waals surface area (Å²) in [5, 5.41) is 0.682. The van der Waals surface area contributed by atoms with Crippen molar-refractivity contribution in [2.45, 2.75) is 26.4 Å². The summed E-state index contributed by atoms with van der Waals surface area (Å²) in [6.45, 7) is 4.53. The summed E-state index contributed by atoms with van der Waals surface area (Å²) in [6.07, 6.45) is 0. The van der Waals surface area contributed by atoms with Crippen LogP contribution in [0, 0.1) is 0 Å². The third-order valence-electron chi connectivity index (χ3n) is 2.36. The van der Waals surface area contributed by atoms with E-state index in [0.717, 1.165) is 5.56 Å². The van der Waals surface area contributed by atoms with E-state index >= 15 is 0 Å². The Kier molecular flexibility index (Phi) is 7.19. The minimum absolute atomic E-state index is 0. The number of hydrogen-bond donors (Lipinski definition) is 1. The van der Waals surface area contributed by atoms with E-state index < -0.39 is 0 Å². The summed E-state index contributed by atoms with van der Waals surface area (Å²) < 4.78 is 0. The van der Waals surface area contributed by atoms with Gasteiger partial charge in [-0.05, 0) is 31.5 Å². The lowest BCUT2D eigenvalue weighted by molar-refractivity contribution is -0.132. The number of hydrogen-bond acceptors (Lipinski definition) is 2. The van der Waals surface area contributed by atoms with Crippen molar-refractivity contribution in [1.29, 1.82) is 0 Å². The van der Waals surface area contributed by atoms with Gasteiger partial charge in [-0.3, -0.25) is 4.79 Å². The zero-order chi connectivity index (χ0) is 12.1. The highest BCUT2D eigenvalue weighted by atomic mass is 35.5. The van der Waals surface area contributed by atoms with Gasteiger partial charge in [-0.15, -0.1) is 12.4 Å². The van der Waals surface area contributed by atoms with Gasteiger partial charge in [-0.1, -0.05) is 23.7 Å². The molecule has 0 bridgehead atoms. The van der Waals surface area contributed by atoms with Crippen LogP contribution in [0.1, 0.15) is 19.4 Å². The molecule has 1 aromatic carbocycles. The largest absolute Gasteiger partial charge is 0.335 e. The molecule has 0 aliphatic heterocycles. The first kappa shape index (κ1) is 16.2. The molecule has 1 aromatic rings. The molecule has 0 radical (unpaired) electrons. The monoisotopic (exact) mass is 276 g/mol. The zero-order valence-corrected chi connectivity index (χ0v) is 11.6. The van der Waals surface area contributed by atoms with Crippen LogP contribution in [0.5, 0.6) is 0 Å². The smallest absolute Gasteiger partial charge is 0.236 e. The number of nitrogens with two attached hydrogens (primary N) is 1. The SMILES string of the molecule is CC(C)N(Cc1cccc(Cl)c1)C(=O)CN.Cl. The van der Waals surface area contributed by atoms with E-state index in [1.54, 1.807) is 4.90 Å². The van der Waals surface area contributed by atoms with Gasteiger partial charge in [0.2, 0.25) is 5.91 Å². The number of benzene rings is 1. The molecule has 0 heterocycles. The molecule has 0 unspecified atom stereocenters. The molecular formula is C12H18Cl2N2O. The van der Waals surface area contributed by atoms with Crippen molar-refractivity contribution in [3.05, 3.63) is 34.9 Å². The van der Waals surface area contributed by atoms with E-state index in [4.69, 9.17) is 17.3 Å². The minimum Gasteiger partial charge on any atom is -0.335 e. The highest BCUT2D eigenvalue weighted by Gasteiger charge is 2.15. The molecule has 0 aliphatic carbocycles. The van der Waals surface area contributed by atoms with Crippen molar-refractivity contribution in [1.82, 2.24) is 4.90 Å². The van der Waals surface area contributed by atoms with E-state index in [1.807, 2.05) is 38.1 Å². The Labute approximate surface area is 113 Å². The Hall–Kier alpha value is -0.770. The van der Waals surface area contributed by atoms with Crippen molar-refractivity contribution < 1.29 is 4.79 Å². The number of carbonyl (C=O) groups is 1. The molecule has 0 saturated heterocycles. The molecular weight excluding hydrogens is 259 g/mol. The van der Waals surface area contributed by atoms with Gasteiger partial charge in [-0.25, -0.2) is 0 Å². The molecule has 96 valence electrons. The van der Waals surface area contributed by atoms with Crippen molar-refractivity contribution >= 4 is 29.9 Å². The molecule has 0 spiro atoms. The second-order valence-electron chi connectivity index (χ2n) is 3.95. The van der Waals surface area contributed by atoms with Gasteiger partial charge in [0, 0.05) is 17.6 Å². The predicted molar refractivity (Wildman–Crippen MR) is 73.4 cm³/mol. The van der Waals surface area contributed by atoms with Crippen LogP contribution in [0.4, 0.5) is 0 Å². The summed E-state index contributed by atoms with van der Waals surface area (Å²) in [4.78, 5) is 13.4. The lowest BCUT2D eigenvalue weighted by Crippen LogP contribution is -2.40. The van der Waals surface area contributed by atoms with Crippen molar-refractivity contribution in [3.8, 4) is 0 Å². The lowest BCUT2D eigenvalue weighted by atomic mass is 10.2. The van der Waals surface area contributed by atoms with Gasteiger partial charge in [-0.2, -0.15) is 0 Å². The molecule has 5 heteroatoms. The third kappa shape index (κ3) is 4.94. The highest BCUT2D eigenvalue weighted by molar-refractivity contribution is 6.30. The fourth-order valence-corrected chi connectivity index (χ4v) is 1.72. The summed E-state index contributed by atoms with van der Waals surface area (Å²) in [7, 11) is 0. The quantitative estimate of drug-likeness (QED) is 0.918. The Morgan fingerprint density at radius 2 is 2.12 bits per heavy atom. The van der Waals surface area contributed by atoms with Crippen molar-refractivity contribution in [2.24, 2.45) is 5.73 Å². The number of halogens is 2.